The van der Waals surface area contributed by atoms with Gasteiger partial charge in [-0.2, -0.15) is 0 Å². The van der Waals surface area contributed by atoms with E-state index >= 15 is 0 Å². The summed E-state index contributed by atoms with van der Waals surface area (Å²) in [4.78, 5) is 11.7. The van der Waals surface area contributed by atoms with Gasteiger partial charge in [0.25, 0.3) is 0 Å². The van der Waals surface area contributed by atoms with Gasteiger partial charge in [0.05, 0.1) is 0 Å². The van der Waals surface area contributed by atoms with Crippen molar-refractivity contribution in [1.82, 2.24) is 5.32 Å². The number of carbonyl (C=O) groups is 1. The second-order valence-electron chi connectivity index (χ2n) is 5.17. The highest BCUT2D eigenvalue weighted by molar-refractivity contribution is 9.09. The molecule has 0 spiro atoms. The summed E-state index contributed by atoms with van der Waals surface area (Å²) in [7, 11) is 0. The van der Waals surface area contributed by atoms with Gasteiger partial charge in [-0.05, 0) is 24.7 Å². The molecular weight excluding hydrogens is 242 g/mol. The topological polar surface area (TPSA) is 29.1 Å². The van der Waals surface area contributed by atoms with Gasteiger partial charge in [-0.25, -0.2) is 0 Å². The van der Waals surface area contributed by atoms with E-state index in [0.717, 1.165) is 11.8 Å². The lowest BCUT2D eigenvalue weighted by Crippen LogP contribution is -2.39. The molecule has 1 aliphatic carbocycles. The van der Waals surface area contributed by atoms with Crippen LogP contribution in [-0.2, 0) is 4.79 Å². The zero-order valence-electron chi connectivity index (χ0n) is 9.43. The molecule has 2 nitrogen and oxygen atoms in total. The maximum absolute atomic E-state index is 11.7. The first-order chi connectivity index (χ1) is 6.38. The summed E-state index contributed by atoms with van der Waals surface area (Å²) < 4.78 is 0. The van der Waals surface area contributed by atoms with Crippen LogP contribution < -0.4 is 5.32 Å². The van der Waals surface area contributed by atoms with E-state index in [2.05, 4.69) is 48.9 Å². The van der Waals surface area contributed by atoms with Gasteiger partial charge in [0.15, 0.2) is 0 Å². The van der Waals surface area contributed by atoms with Crippen molar-refractivity contribution in [3.05, 3.63) is 0 Å². The second kappa shape index (κ2) is 4.21. The Labute approximate surface area is 95.0 Å². The Balaban J connectivity index is 2.35. The van der Waals surface area contributed by atoms with Gasteiger partial charge >= 0.3 is 0 Å². The van der Waals surface area contributed by atoms with Crippen LogP contribution in [-0.4, -0.2) is 17.3 Å². The first-order valence-electron chi connectivity index (χ1n) is 5.25. The molecule has 0 saturated heterocycles. The number of alkyl halides is 1. The molecule has 1 saturated carbocycles. The molecule has 1 aliphatic rings. The lowest BCUT2D eigenvalue weighted by atomic mass is 10.1. The van der Waals surface area contributed by atoms with Crippen LogP contribution in [0.4, 0.5) is 0 Å². The summed E-state index contributed by atoms with van der Waals surface area (Å²) in [5.41, 5.74) is 0.238. The molecule has 0 heterocycles. The molecule has 0 aromatic carbocycles. The lowest BCUT2D eigenvalue weighted by Gasteiger charge is -2.19. The highest BCUT2D eigenvalue weighted by atomic mass is 79.9. The SMILES string of the molecule is CC(CBr)C(C)NC(=O)C1CC1(C)C. The van der Waals surface area contributed by atoms with Gasteiger partial charge in [0.1, 0.15) is 0 Å². The van der Waals surface area contributed by atoms with Crippen LogP contribution >= 0.6 is 15.9 Å². The van der Waals surface area contributed by atoms with E-state index in [1.54, 1.807) is 0 Å². The molecular formula is C11H20BrNO. The Morgan fingerprint density at radius 3 is 2.43 bits per heavy atom. The standard InChI is InChI=1S/C11H20BrNO/c1-7(6-12)8(2)13-10(14)9-5-11(9,3)4/h7-9H,5-6H2,1-4H3,(H,13,14). The first-order valence-corrected chi connectivity index (χ1v) is 6.37. The van der Waals surface area contributed by atoms with Crippen molar-refractivity contribution >= 4 is 21.8 Å². The van der Waals surface area contributed by atoms with Crippen LogP contribution in [0, 0.1) is 17.3 Å². The summed E-state index contributed by atoms with van der Waals surface area (Å²) in [6.45, 7) is 8.50. The summed E-state index contributed by atoms with van der Waals surface area (Å²) in [5, 5.41) is 4.01. The Morgan fingerprint density at radius 1 is 1.57 bits per heavy atom. The molecule has 3 heteroatoms. The van der Waals surface area contributed by atoms with E-state index in [4.69, 9.17) is 0 Å². The first kappa shape index (κ1) is 12.0. The molecule has 1 N–H and O–H groups in total. The summed E-state index contributed by atoms with van der Waals surface area (Å²) in [6.07, 6.45) is 1.04. The minimum absolute atomic E-state index is 0.232. The van der Waals surface area contributed by atoms with Gasteiger partial charge < -0.3 is 5.32 Å². The molecule has 0 bridgehead atoms. The van der Waals surface area contributed by atoms with Crippen LogP contribution in [0.15, 0.2) is 0 Å². The molecule has 3 atom stereocenters. The number of nitrogens with one attached hydrogen (secondary N) is 1. The number of carbonyl (C=O) groups excluding carboxylic acids is 1. The van der Waals surface area contributed by atoms with Crippen LogP contribution in [0.1, 0.15) is 34.1 Å². The van der Waals surface area contributed by atoms with Crippen molar-refractivity contribution in [3.63, 3.8) is 0 Å². The van der Waals surface area contributed by atoms with Crippen molar-refractivity contribution in [1.29, 1.82) is 0 Å². The van der Waals surface area contributed by atoms with Gasteiger partial charge in [-0.1, -0.05) is 36.7 Å². The smallest absolute Gasteiger partial charge is 0.223 e. The quantitative estimate of drug-likeness (QED) is 0.775. The highest BCUT2D eigenvalue weighted by Crippen LogP contribution is 2.51. The van der Waals surface area contributed by atoms with Gasteiger partial charge in [0, 0.05) is 17.3 Å². The molecule has 1 amide bonds. The van der Waals surface area contributed by atoms with Crippen LogP contribution in [0.3, 0.4) is 0 Å². The predicted octanol–water partition coefficient (Wildman–Crippen LogP) is 2.57. The predicted molar refractivity (Wildman–Crippen MR) is 62.5 cm³/mol. The Kier molecular flexibility index (Phi) is 3.62. The fraction of sp³-hybridized carbons (Fsp3) is 0.909. The third-order valence-electron chi connectivity index (χ3n) is 3.30. The van der Waals surface area contributed by atoms with E-state index in [1.807, 2.05) is 0 Å². The number of hydrogen-bond acceptors (Lipinski definition) is 1. The Morgan fingerprint density at radius 2 is 2.07 bits per heavy atom. The average molecular weight is 262 g/mol. The summed E-state index contributed by atoms with van der Waals surface area (Å²) in [6, 6.07) is 0.262. The third-order valence-corrected chi connectivity index (χ3v) is 4.32. The normalized spacial score (nSPS) is 27.9. The third kappa shape index (κ3) is 2.72. The minimum Gasteiger partial charge on any atom is -0.353 e. The molecule has 0 aliphatic heterocycles. The average Bonchev–Trinajstić information content (AvgIpc) is 2.73. The lowest BCUT2D eigenvalue weighted by molar-refractivity contribution is -0.123. The number of halogens is 1. The van der Waals surface area contributed by atoms with Gasteiger partial charge in [-0.15, -0.1) is 0 Å². The fourth-order valence-electron chi connectivity index (χ4n) is 1.52. The van der Waals surface area contributed by atoms with E-state index in [-0.39, 0.29) is 23.3 Å². The van der Waals surface area contributed by atoms with Crippen LogP contribution in [0.25, 0.3) is 0 Å². The van der Waals surface area contributed by atoms with Gasteiger partial charge in [-0.3, -0.25) is 4.79 Å². The molecule has 14 heavy (non-hydrogen) atoms. The zero-order chi connectivity index (χ0) is 10.9. The highest BCUT2D eigenvalue weighted by Gasteiger charge is 2.50. The van der Waals surface area contributed by atoms with E-state index < -0.39 is 0 Å². The van der Waals surface area contributed by atoms with E-state index in [9.17, 15) is 4.79 Å². The Hall–Kier alpha value is -0.0500. The maximum atomic E-state index is 11.7. The number of rotatable bonds is 4. The molecule has 0 radical (unpaired) electrons. The Bertz CT molecular complexity index is 227. The minimum atomic E-state index is 0.232. The van der Waals surface area contributed by atoms with Crippen molar-refractivity contribution in [3.8, 4) is 0 Å². The largest absolute Gasteiger partial charge is 0.353 e. The molecule has 0 aromatic heterocycles. The molecule has 1 fully saturated rings. The van der Waals surface area contributed by atoms with E-state index in [1.165, 1.54) is 0 Å². The summed E-state index contributed by atoms with van der Waals surface area (Å²) in [5.74, 6) is 0.962. The van der Waals surface area contributed by atoms with E-state index in [0.29, 0.717) is 5.92 Å². The molecule has 3 unspecified atom stereocenters. The number of amides is 1. The summed E-state index contributed by atoms with van der Waals surface area (Å²) >= 11 is 3.43. The second-order valence-corrected chi connectivity index (χ2v) is 5.82. The van der Waals surface area contributed by atoms with Crippen molar-refractivity contribution < 1.29 is 4.79 Å². The monoisotopic (exact) mass is 261 g/mol. The van der Waals surface area contributed by atoms with Crippen molar-refractivity contribution in [2.45, 2.75) is 40.2 Å². The molecule has 82 valence electrons. The zero-order valence-corrected chi connectivity index (χ0v) is 11.0. The molecule has 1 rings (SSSR count). The van der Waals surface area contributed by atoms with Crippen LogP contribution in [0.5, 0.6) is 0 Å². The van der Waals surface area contributed by atoms with Crippen molar-refractivity contribution in [2.75, 3.05) is 5.33 Å². The van der Waals surface area contributed by atoms with Crippen molar-refractivity contribution in [2.24, 2.45) is 17.3 Å². The molecule has 0 aromatic rings. The fourth-order valence-corrected chi connectivity index (χ4v) is 2.08. The van der Waals surface area contributed by atoms with Gasteiger partial charge in [0.2, 0.25) is 5.91 Å². The number of hydrogen-bond donors (Lipinski definition) is 1. The maximum Gasteiger partial charge on any atom is 0.223 e. The van der Waals surface area contributed by atoms with Crippen LogP contribution in [0.2, 0.25) is 0 Å².